The van der Waals surface area contributed by atoms with Gasteiger partial charge in [0.2, 0.25) is 0 Å². The van der Waals surface area contributed by atoms with Crippen molar-refractivity contribution in [1.29, 1.82) is 0 Å². The van der Waals surface area contributed by atoms with E-state index >= 15 is 0 Å². The second-order valence-corrected chi connectivity index (χ2v) is 5.33. The molecule has 0 atom stereocenters. The van der Waals surface area contributed by atoms with Gasteiger partial charge in [-0.15, -0.1) is 5.10 Å². The van der Waals surface area contributed by atoms with E-state index in [0.717, 1.165) is 36.0 Å². The lowest BCUT2D eigenvalue weighted by molar-refractivity contribution is 0.185. The molecule has 3 rings (SSSR count). The number of hydrogen-bond acceptors (Lipinski definition) is 4. The number of nitrogens with zero attached hydrogens (tertiary/aromatic N) is 3. The topological polar surface area (TPSA) is 52.0 Å². The van der Waals surface area contributed by atoms with Gasteiger partial charge in [0.1, 0.15) is 0 Å². The van der Waals surface area contributed by atoms with Crippen LogP contribution in [0.1, 0.15) is 24.1 Å². The van der Waals surface area contributed by atoms with Crippen LogP contribution >= 0.6 is 0 Å². The van der Waals surface area contributed by atoms with Crippen LogP contribution in [0.4, 0.5) is 0 Å². The van der Waals surface area contributed by atoms with Crippen LogP contribution in [0.2, 0.25) is 0 Å². The zero-order valence-electron chi connectivity index (χ0n) is 11.7. The predicted octanol–water partition coefficient (Wildman–Crippen LogP) is 1.91. The third-order valence-corrected chi connectivity index (χ3v) is 3.46. The number of rotatable bonds is 7. The summed E-state index contributed by atoms with van der Waals surface area (Å²) in [7, 11) is 1.70. The molecule has 1 saturated carbocycles. The third-order valence-electron chi connectivity index (χ3n) is 3.46. The highest BCUT2D eigenvalue weighted by Gasteiger charge is 2.20. The Morgan fingerprint density at radius 1 is 1.40 bits per heavy atom. The Labute approximate surface area is 118 Å². The van der Waals surface area contributed by atoms with E-state index in [9.17, 15) is 0 Å². The molecule has 0 amide bonds. The first-order valence-electron chi connectivity index (χ1n) is 7.05. The van der Waals surface area contributed by atoms with Crippen molar-refractivity contribution >= 4 is 0 Å². The molecule has 0 bridgehead atoms. The van der Waals surface area contributed by atoms with Gasteiger partial charge in [0.15, 0.2) is 0 Å². The minimum Gasteiger partial charge on any atom is -0.380 e. The van der Waals surface area contributed by atoms with E-state index in [-0.39, 0.29) is 0 Å². The molecule has 1 aromatic heterocycles. The molecule has 0 unspecified atom stereocenters. The van der Waals surface area contributed by atoms with Crippen molar-refractivity contribution in [3.8, 4) is 5.69 Å². The maximum Gasteiger partial charge on any atom is 0.0969 e. The zero-order valence-corrected chi connectivity index (χ0v) is 11.7. The van der Waals surface area contributed by atoms with Gasteiger partial charge in [-0.1, -0.05) is 17.3 Å². The van der Waals surface area contributed by atoms with Crippen LogP contribution in [-0.4, -0.2) is 28.6 Å². The average molecular weight is 272 g/mol. The summed E-state index contributed by atoms with van der Waals surface area (Å²) in [4.78, 5) is 0. The van der Waals surface area contributed by atoms with Gasteiger partial charge in [0.25, 0.3) is 0 Å². The van der Waals surface area contributed by atoms with Crippen molar-refractivity contribution in [2.45, 2.75) is 26.0 Å². The number of hydrogen-bond donors (Lipinski definition) is 1. The molecule has 0 aliphatic heterocycles. The third kappa shape index (κ3) is 3.43. The maximum atomic E-state index is 5.15. The van der Waals surface area contributed by atoms with Gasteiger partial charge < -0.3 is 10.1 Å². The van der Waals surface area contributed by atoms with Gasteiger partial charge in [0, 0.05) is 13.7 Å². The fourth-order valence-electron chi connectivity index (χ4n) is 2.19. The number of methoxy groups -OCH3 is 1. The number of nitrogens with one attached hydrogen (secondary N) is 1. The van der Waals surface area contributed by atoms with E-state index < -0.39 is 0 Å². The van der Waals surface area contributed by atoms with E-state index in [2.05, 4.69) is 21.7 Å². The summed E-state index contributed by atoms with van der Waals surface area (Å²) in [5.74, 6) is 0.885. The molecule has 106 valence electrons. The van der Waals surface area contributed by atoms with Crippen molar-refractivity contribution < 1.29 is 4.74 Å². The van der Waals surface area contributed by atoms with Gasteiger partial charge in [-0.25, -0.2) is 4.68 Å². The molecule has 2 aromatic rings. The molecule has 1 aromatic carbocycles. The molecule has 5 heteroatoms. The molecular weight excluding hydrogens is 252 g/mol. The quantitative estimate of drug-likeness (QED) is 0.836. The van der Waals surface area contributed by atoms with Crippen molar-refractivity contribution in [2.24, 2.45) is 5.92 Å². The Bertz CT molecular complexity index is 563. The summed E-state index contributed by atoms with van der Waals surface area (Å²) in [5.41, 5.74) is 3.12. The summed E-state index contributed by atoms with van der Waals surface area (Å²) in [5, 5.41) is 11.8. The van der Waals surface area contributed by atoms with E-state index in [1.165, 1.54) is 12.8 Å². The molecule has 1 aliphatic carbocycles. The monoisotopic (exact) mass is 272 g/mol. The molecule has 0 saturated heterocycles. The van der Waals surface area contributed by atoms with Crippen LogP contribution in [0.3, 0.4) is 0 Å². The Morgan fingerprint density at radius 2 is 2.30 bits per heavy atom. The minimum absolute atomic E-state index is 0.609. The molecule has 1 aliphatic rings. The summed E-state index contributed by atoms with van der Waals surface area (Å²) in [6.07, 6.45) is 4.71. The number of ether oxygens (including phenoxy) is 1. The first kappa shape index (κ1) is 13.3. The van der Waals surface area contributed by atoms with Crippen molar-refractivity contribution in [1.82, 2.24) is 20.3 Å². The van der Waals surface area contributed by atoms with Crippen molar-refractivity contribution in [3.05, 3.63) is 41.7 Å². The summed E-state index contributed by atoms with van der Waals surface area (Å²) >= 11 is 0. The summed E-state index contributed by atoms with van der Waals surface area (Å²) < 4.78 is 6.96. The molecule has 5 nitrogen and oxygen atoms in total. The Balaban J connectivity index is 1.63. The average Bonchev–Trinajstić information content (AvgIpc) is 3.16. The first-order valence-corrected chi connectivity index (χ1v) is 7.05. The van der Waals surface area contributed by atoms with Gasteiger partial charge >= 0.3 is 0 Å². The van der Waals surface area contributed by atoms with Crippen LogP contribution < -0.4 is 5.32 Å². The highest BCUT2D eigenvalue weighted by Crippen LogP contribution is 2.27. The first-order chi connectivity index (χ1) is 9.85. The second-order valence-electron chi connectivity index (χ2n) is 5.33. The Kier molecular flexibility index (Phi) is 4.08. The predicted molar refractivity (Wildman–Crippen MR) is 76.5 cm³/mol. The normalized spacial score (nSPS) is 14.7. The largest absolute Gasteiger partial charge is 0.380 e. The van der Waals surface area contributed by atoms with E-state index in [0.29, 0.717) is 6.61 Å². The minimum atomic E-state index is 0.609. The van der Waals surface area contributed by atoms with Crippen LogP contribution in [0.5, 0.6) is 0 Å². The number of aromatic nitrogens is 3. The van der Waals surface area contributed by atoms with Gasteiger partial charge in [-0.3, -0.25) is 0 Å². The molecule has 1 fully saturated rings. The van der Waals surface area contributed by atoms with E-state index in [1.54, 1.807) is 7.11 Å². The fraction of sp³-hybridized carbons (Fsp3) is 0.467. The molecule has 1 N–H and O–H groups in total. The molecule has 1 heterocycles. The summed E-state index contributed by atoms with van der Waals surface area (Å²) in [6, 6.07) is 8.15. The highest BCUT2D eigenvalue weighted by atomic mass is 16.5. The second kappa shape index (κ2) is 6.15. The molecule has 0 radical (unpaired) electrons. The van der Waals surface area contributed by atoms with Crippen LogP contribution in [0.15, 0.2) is 30.5 Å². The van der Waals surface area contributed by atoms with Crippen LogP contribution in [-0.2, 0) is 17.9 Å². The Hall–Kier alpha value is -1.72. The van der Waals surface area contributed by atoms with Gasteiger partial charge in [-0.05, 0) is 43.0 Å². The molecule has 20 heavy (non-hydrogen) atoms. The lowest BCUT2D eigenvalue weighted by Crippen LogP contribution is -2.16. The van der Waals surface area contributed by atoms with Gasteiger partial charge in [-0.2, -0.15) is 0 Å². The van der Waals surface area contributed by atoms with E-state index in [4.69, 9.17) is 4.74 Å². The molecular formula is C15H20N4O. The Morgan fingerprint density at radius 3 is 3.10 bits per heavy atom. The molecule has 0 spiro atoms. The lowest BCUT2D eigenvalue weighted by Gasteiger charge is -2.03. The van der Waals surface area contributed by atoms with Crippen molar-refractivity contribution in [3.63, 3.8) is 0 Å². The van der Waals surface area contributed by atoms with Crippen LogP contribution in [0.25, 0.3) is 5.69 Å². The summed E-state index contributed by atoms with van der Waals surface area (Å²) in [6.45, 7) is 2.49. The van der Waals surface area contributed by atoms with Crippen molar-refractivity contribution in [2.75, 3.05) is 13.7 Å². The smallest absolute Gasteiger partial charge is 0.0969 e. The van der Waals surface area contributed by atoms with E-state index in [1.807, 2.05) is 29.1 Å². The highest BCUT2D eigenvalue weighted by molar-refractivity contribution is 5.34. The zero-order chi connectivity index (χ0) is 13.8. The van der Waals surface area contributed by atoms with Gasteiger partial charge in [0.05, 0.1) is 24.2 Å². The SMILES string of the molecule is COCc1cccc(-n2cc(CNCC3CC3)nn2)c1. The van der Waals surface area contributed by atoms with Crippen LogP contribution in [0, 0.1) is 5.92 Å². The lowest BCUT2D eigenvalue weighted by atomic mass is 10.2. The fourth-order valence-corrected chi connectivity index (χ4v) is 2.19. The maximum absolute atomic E-state index is 5.15. The standard InChI is InChI=1S/C15H20N4O/c1-20-11-13-3-2-4-15(7-13)19-10-14(17-18-19)9-16-8-12-5-6-12/h2-4,7,10,12,16H,5-6,8-9,11H2,1H3. The number of benzene rings is 1.